The molecule has 2 aromatic rings. The molecule has 0 spiro atoms. The summed E-state index contributed by atoms with van der Waals surface area (Å²) in [6.45, 7) is 0. The second kappa shape index (κ2) is 8.19. The molecule has 116 valence electrons. The molecule has 2 aromatic carbocycles. The number of hydrogen-bond donors (Lipinski definition) is 1. The lowest BCUT2D eigenvalue weighted by molar-refractivity contribution is -0.113. The molecular weight excluding hydrogens is 369 g/mol. The molecule has 22 heavy (non-hydrogen) atoms. The number of methoxy groups -OCH3 is 1. The molecule has 0 fully saturated rings. The highest BCUT2D eigenvalue weighted by atomic mass is 79.9. The van der Waals surface area contributed by atoms with Gasteiger partial charge in [0.15, 0.2) is 0 Å². The quantitative estimate of drug-likeness (QED) is 0.799. The summed E-state index contributed by atoms with van der Waals surface area (Å²) in [6, 6.07) is 12.1. The Bertz CT molecular complexity index is 666. The zero-order chi connectivity index (χ0) is 15.9. The molecule has 1 N–H and O–H groups in total. The smallest absolute Gasteiger partial charge is 0.234 e. The van der Waals surface area contributed by atoms with Crippen molar-refractivity contribution in [3.05, 3.63) is 58.3 Å². The third kappa shape index (κ3) is 5.03. The van der Waals surface area contributed by atoms with E-state index in [0.29, 0.717) is 27.2 Å². The van der Waals surface area contributed by atoms with E-state index in [2.05, 4.69) is 21.2 Å². The first-order valence-corrected chi connectivity index (χ1v) is 8.49. The van der Waals surface area contributed by atoms with Gasteiger partial charge in [-0.25, -0.2) is 4.39 Å². The van der Waals surface area contributed by atoms with Crippen LogP contribution in [0.5, 0.6) is 5.75 Å². The Hall–Kier alpha value is -1.53. The molecule has 0 radical (unpaired) electrons. The second-order valence-corrected chi connectivity index (χ2v) is 6.41. The Morgan fingerprint density at radius 3 is 2.86 bits per heavy atom. The maximum atomic E-state index is 13.6. The number of ether oxygens (including phenoxy) is 1. The van der Waals surface area contributed by atoms with Crippen LogP contribution in [0.2, 0.25) is 0 Å². The van der Waals surface area contributed by atoms with E-state index in [9.17, 15) is 9.18 Å². The van der Waals surface area contributed by atoms with Gasteiger partial charge in [0.1, 0.15) is 11.6 Å². The minimum Gasteiger partial charge on any atom is -0.497 e. The van der Waals surface area contributed by atoms with E-state index in [1.165, 1.54) is 17.8 Å². The molecule has 0 heterocycles. The SMILES string of the molecule is COc1cccc(NC(=O)CSCc2ccc(Br)cc2F)c1. The van der Waals surface area contributed by atoms with Gasteiger partial charge in [-0.2, -0.15) is 0 Å². The van der Waals surface area contributed by atoms with Crippen molar-refractivity contribution >= 4 is 39.3 Å². The molecule has 0 aromatic heterocycles. The van der Waals surface area contributed by atoms with Crippen LogP contribution in [0, 0.1) is 5.82 Å². The van der Waals surface area contributed by atoms with Crippen molar-refractivity contribution in [3.8, 4) is 5.75 Å². The van der Waals surface area contributed by atoms with Crippen molar-refractivity contribution in [2.45, 2.75) is 5.75 Å². The first-order valence-electron chi connectivity index (χ1n) is 6.54. The average molecular weight is 384 g/mol. The summed E-state index contributed by atoms with van der Waals surface area (Å²) in [7, 11) is 1.57. The summed E-state index contributed by atoms with van der Waals surface area (Å²) in [5, 5.41) is 2.79. The highest BCUT2D eigenvalue weighted by molar-refractivity contribution is 9.10. The maximum absolute atomic E-state index is 13.6. The third-order valence-electron chi connectivity index (χ3n) is 2.86. The molecule has 0 saturated carbocycles. The Kier molecular flexibility index (Phi) is 6.27. The van der Waals surface area contributed by atoms with Crippen molar-refractivity contribution in [2.75, 3.05) is 18.2 Å². The van der Waals surface area contributed by atoms with E-state index < -0.39 is 0 Å². The van der Waals surface area contributed by atoms with Crippen molar-refractivity contribution in [3.63, 3.8) is 0 Å². The molecule has 0 aliphatic heterocycles. The normalized spacial score (nSPS) is 10.3. The van der Waals surface area contributed by atoms with E-state index in [-0.39, 0.29) is 17.5 Å². The zero-order valence-corrected chi connectivity index (χ0v) is 14.3. The van der Waals surface area contributed by atoms with Gasteiger partial charge in [-0.1, -0.05) is 28.1 Å². The average Bonchev–Trinajstić information content (AvgIpc) is 2.49. The first-order chi connectivity index (χ1) is 10.6. The molecule has 6 heteroatoms. The fraction of sp³-hybridized carbons (Fsp3) is 0.188. The summed E-state index contributed by atoms with van der Waals surface area (Å²) in [5.74, 6) is 0.991. The number of benzene rings is 2. The number of halogens is 2. The molecule has 0 aliphatic rings. The van der Waals surface area contributed by atoms with Crippen molar-refractivity contribution in [2.24, 2.45) is 0 Å². The lowest BCUT2D eigenvalue weighted by Gasteiger charge is -2.07. The summed E-state index contributed by atoms with van der Waals surface area (Å²) in [4.78, 5) is 11.9. The molecule has 0 saturated heterocycles. The molecule has 0 aliphatic carbocycles. The number of hydrogen-bond acceptors (Lipinski definition) is 3. The number of nitrogens with one attached hydrogen (secondary N) is 1. The van der Waals surface area contributed by atoms with E-state index in [1.807, 2.05) is 0 Å². The Balaban J connectivity index is 1.82. The van der Waals surface area contributed by atoms with Gasteiger partial charge >= 0.3 is 0 Å². The Morgan fingerprint density at radius 1 is 1.32 bits per heavy atom. The van der Waals surface area contributed by atoms with E-state index in [0.717, 1.165) is 0 Å². The molecule has 0 atom stereocenters. The van der Waals surface area contributed by atoms with Crippen LogP contribution in [0.4, 0.5) is 10.1 Å². The van der Waals surface area contributed by atoms with E-state index >= 15 is 0 Å². The zero-order valence-electron chi connectivity index (χ0n) is 11.9. The van der Waals surface area contributed by atoms with Crippen LogP contribution in [0.25, 0.3) is 0 Å². The Labute approximate surface area is 141 Å². The predicted molar refractivity (Wildman–Crippen MR) is 91.9 cm³/mol. The minimum atomic E-state index is -0.268. The van der Waals surface area contributed by atoms with Gasteiger partial charge in [0.2, 0.25) is 5.91 Å². The predicted octanol–water partition coefficient (Wildman–Crippen LogP) is 4.47. The first kappa shape index (κ1) is 16.8. The molecule has 2 rings (SSSR count). The van der Waals surface area contributed by atoms with Crippen LogP contribution >= 0.6 is 27.7 Å². The number of thioether (sulfide) groups is 1. The summed E-state index contributed by atoms with van der Waals surface area (Å²) < 4.78 is 19.4. The van der Waals surface area contributed by atoms with Crippen LogP contribution in [0.3, 0.4) is 0 Å². The summed E-state index contributed by atoms with van der Waals surface area (Å²) in [5.41, 5.74) is 1.27. The van der Waals surface area contributed by atoms with Gasteiger partial charge in [-0.3, -0.25) is 4.79 Å². The van der Waals surface area contributed by atoms with E-state index in [4.69, 9.17) is 4.74 Å². The van der Waals surface area contributed by atoms with Crippen LogP contribution < -0.4 is 10.1 Å². The maximum Gasteiger partial charge on any atom is 0.234 e. The van der Waals surface area contributed by atoms with Crippen molar-refractivity contribution in [1.82, 2.24) is 0 Å². The highest BCUT2D eigenvalue weighted by Gasteiger charge is 2.06. The lowest BCUT2D eigenvalue weighted by atomic mass is 10.2. The topological polar surface area (TPSA) is 38.3 Å². The lowest BCUT2D eigenvalue weighted by Crippen LogP contribution is -2.14. The van der Waals surface area contributed by atoms with Gasteiger partial charge in [0.05, 0.1) is 12.9 Å². The Morgan fingerprint density at radius 2 is 2.14 bits per heavy atom. The highest BCUT2D eigenvalue weighted by Crippen LogP contribution is 2.20. The molecule has 3 nitrogen and oxygen atoms in total. The van der Waals surface area contributed by atoms with Crippen LogP contribution in [0.15, 0.2) is 46.9 Å². The second-order valence-electron chi connectivity index (χ2n) is 4.51. The van der Waals surface area contributed by atoms with Crippen LogP contribution in [-0.2, 0) is 10.5 Å². The monoisotopic (exact) mass is 383 g/mol. The number of rotatable bonds is 6. The van der Waals surface area contributed by atoms with Crippen LogP contribution in [-0.4, -0.2) is 18.8 Å². The molecule has 0 unspecified atom stereocenters. The number of carbonyl (C=O) groups is 1. The van der Waals surface area contributed by atoms with Crippen molar-refractivity contribution < 1.29 is 13.9 Å². The summed E-state index contributed by atoms with van der Waals surface area (Å²) in [6.07, 6.45) is 0. The fourth-order valence-electron chi connectivity index (χ4n) is 1.79. The molecule has 1 amide bonds. The van der Waals surface area contributed by atoms with Gasteiger partial charge in [-0.05, 0) is 29.8 Å². The van der Waals surface area contributed by atoms with Gasteiger partial charge in [-0.15, -0.1) is 11.8 Å². The number of anilines is 1. The van der Waals surface area contributed by atoms with Gasteiger partial charge in [0, 0.05) is 22.0 Å². The summed E-state index contributed by atoms with van der Waals surface area (Å²) >= 11 is 4.58. The third-order valence-corrected chi connectivity index (χ3v) is 4.33. The standard InChI is InChI=1S/C16H15BrFNO2S/c1-21-14-4-2-3-13(8-14)19-16(20)10-22-9-11-5-6-12(17)7-15(11)18/h2-8H,9-10H2,1H3,(H,19,20). The largest absolute Gasteiger partial charge is 0.497 e. The molecular formula is C16H15BrFNO2S. The van der Waals surface area contributed by atoms with Gasteiger partial charge < -0.3 is 10.1 Å². The van der Waals surface area contributed by atoms with Crippen LogP contribution in [0.1, 0.15) is 5.56 Å². The number of carbonyl (C=O) groups excluding carboxylic acids is 1. The molecule has 0 bridgehead atoms. The van der Waals surface area contributed by atoms with Gasteiger partial charge in [0.25, 0.3) is 0 Å². The van der Waals surface area contributed by atoms with E-state index in [1.54, 1.807) is 43.5 Å². The minimum absolute atomic E-state index is 0.129. The van der Waals surface area contributed by atoms with Crippen molar-refractivity contribution in [1.29, 1.82) is 0 Å². The number of amides is 1. The fourth-order valence-corrected chi connectivity index (χ4v) is 2.94.